The number of methoxy groups -OCH3 is 1. The first-order valence-corrected chi connectivity index (χ1v) is 5.66. The second kappa shape index (κ2) is 6.38. The largest absolute Gasteiger partial charge is 0.494 e. The summed E-state index contributed by atoms with van der Waals surface area (Å²) in [5.74, 6) is 0.921. The molecule has 0 aliphatic carbocycles. The summed E-state index contributed by atoms with van der Waals surface area (Å²) in [6, 6.07) is 6.39. The van der Waals surface area contributed by atoms with E-state index >= 15 is 0 Å². The van der Waals surface area contributed by atoms with Crippen LogP contribution in [-0.2, 0) is 4.74 Å². The third-order valence-corrected chi connectivity index (χ3v) is 2.33. The molecule has 1 aromatic rings. The average molecular weight is 223 g/mol. The summed E-state index contributed by atoms with van der Waals surface area (Å²) in [6.07, 6.45) is 0. The molecule has 0 aliphatic rings. The minimum absolute atomic E-state index is 0.307. The zero-order valence-corrected chi connectivity index (χ0v) is 10.5. The first kappa shape index (κ1) is 12.8. The standard InChI is InChI=1S/C13H21NO2/c1-5-16-12-6-7-13(10(2)8-12)14-11(3)9-15-4/h6-8,11,14H,5,9H2,1-4H3. The van der Waals surface area contributed by atoms with Crippen LogP contribution in [0.1, 0.15) is 19.4 Å². The molecule has 0 spiro atoms. The molecule has 0 aliphatic heterocycles. The Morgan fingerprint density at radius 2 is 2.12 bits per heavy atom. The number of benzene rings is 1. The summed E-state index contributed by atoms with van der Waals surface area (Å²) < 4.78 is 10.5. The zero-order chi connectivity index (χ0) is 12.0. The van der Waals surface area contributed by atoms with Crippen LogP contribution in [0.2, 0.25) is 0 Å². The Hall–Kier alpha value is -1.22. The second-order valence-electron chi connectivity index (χ2n) is 3.91. The van der Waals surface area contributed by atoms with E-state index in [1.54, 1.807) is 7.11 Å². The summed E-state index contributed by atoms with van der Waals surface area (Å²) in [5, 5.41) is 3.40. The molecular formula is C13H21NO2. The lowest BCUT2D eigenvalue weighted by Crippen LogP contribution is -2.21. The van der Waals surface area contributed by atoms with E-state index in [-0.39, 0.29) is 0 Å². The van der Waals surface area contributed by atoms with Crippen LogP contribution in [0.3, 0.4) is 0 Å². The Morgan fingerprint density at radius 3 is 2.69 bits per heavy atom. The molecule has 1 N–H and O–H groups in total. The molecule has 16 heavy (non-hydrogen) atoms. The topological polar surface area (TPSA) is 30.5 Å². The van der Waals surface area contributed by atoms with E-state index in [0.717, 1.165) is 11.4 Å². The van der Waals surface area contributed by atoms with Gasteiger partial charge in [-0.25, -0.2) is 0 Å². The van der Waals surface area contributed by atoms with Gasteiger partial charge in [0.1, 0.15) is 5.75 Å². The highest BCUT2D eigenvalue weighted by Gasteiger charge is 2.04. The predicted octanol–water partition coefficient (Wildman–Crippen LogP) is 2.84. The van der Waals surface area contributed by atoms with Crippen LogP contribution in [0.25, 0.3) is 0 Å². The van der Waals surface area contributed by atoms with Gasteiger partial charge in [-0.2, -0.15) is 0 Å². The molecule has 90 valence electrons. The van der Waals surface area contributed by atoms with Gasteiger partial charge in [-0.3, -0.25) is 0 Å². The van der Waals surface area contributed by atoms with Crippen molar-refractivity contribution in [2.75, 3.05) is 25.6 Å². The van der Waals surface area contributed by atoms with Crippen LogP contribution in [0.4, 0.5) is 5.69 Å². The lowest BCUT2D eigenvalue weighted by atomic mass is 10.1. The van der Waals surface area contributed by atoms with Gasteiger partial charge in [0.05, 0.1) is 13.2 Å². The van der Waals surface area contributed by atoms with Crippen molar-refractivity contribution in [2.24, 2.45) is 0 Å². The molecule has 0 radical (unpaired) electrons. The van der Waals surface area contributed by atoms with Gasteiger partial charge < -0.3 is 14.8 Å². The van der Waals surface area contributed by atoms with Gasteiger partial charge in [-0.05, 0) is 44.5 Å². The SMILES string of the molecule is CCOc1ccc(NC(C)COC)c(C)c1. The lowest BCUT2D eigenvalue weighted by Gasteiger charge is -2.16. The van der Waals surface area contributed by atoms with Gasteiger partial charge in [-0.1, -0.05) is 0 Å². The molecular weight excluding hydrogens is 202 g/mol. The molecule has 0 aromatic heterocycles. The number of aryl methyl sites for hydroxylation is 1. The van der Waals surface area contributed by atoms with Crippen molar-refractivity contribution in [1.82, 2.24) is 0 Å². The van der Waals surface area contributed by atoms with Gasteiger partial charge in [0, 0.05) is 18.8 Å². The summed E-state index contributed by atoms with van der Waals surface area (Å²) in [5.41, 5.74) is 2.32. The normalized spacial score (nSPS) is 12.2. The fourth-order valence-electron chi connectivity index (χ4n) is 1.61. The monoisotopic (exact) mass is 223 g/mol. The number of hydrogen-bond acceptors (Lipinski definition) is 3. The predicted molar refractivity (Wildman–Crippen MR) is 67.3 cm³/mol. The Bertz CT molecular complexity index is 326. The van der Waals surface area contributed by atoms with E-state index in [9.17, 15) is 0 Å². The van der Waals surface area contributed by atoms with Crippen LogP contribution in [0.15, 0.2) is 18.2 Å². The van der Waals surface area contributed by atoms with Crippen molar-refractivity contribution >= 4 is 5.69 Å². The molecule has 1 atom stereocenters. The molecule has 0 fully saturated rings. The molecule has 1 rings (SSSR count). The minimum Gasteiger partial charge on any atom is -0.494 e. The van der Waals surface area contributed by atoms with Crippen LogP contribution in [0, 0.1) is 6.92 Å². The fraction of sp³-hybridized carbons (Fsp3) is 0.538. The molecule has 3 nitrogen and oxygen atoms in total. The van der Waals surface area contributed by atoms with Crippen molar-refractivity contribution in [2.45, 2.75) is 26.8 Å². The number of hydrogen-bond donors (Lipinski definition) is 1. The number of ether oxygens (including phenoxy) is 2. The molecule has 1 aromatic carbocycles. The Labute approximate surface area is 97.8 Å². The Kier molecular flexibility index (Phi) is 5.12. The highest BCUT2D eigenvalue weighted by atomic mass is 16.5. The smallest absolute Gasteiger partial charge is 0.119 e. The summed E-state index contributed by atoms with van der Waals surface area (Å²) in [6.45, 7) is 7.56. The molecule has 0 heterocycles. The number of nitrogens with one attached hydrogen (secondary N) is 1. The van der Waals surface area contributed by atoms with Crippen LogP contribution in [-0.4, -0.2) is 26.4 Å². The third-order valence-electron chi connectivity index (χ3n) is 2.33. The second-order valence-corrected chi connectivity index (χ2v) is 3.91. The van der Waals surface area contributed by atoms with Crippen LogP contribution < -0.4 is 10.1 Å². The van der Waals surface area contributed by atoms with Gasteiger partial charge in [0.2, 0.25) is 0 Å². The quantitative estimate of drug-likeness (QED) is 0.804. The van der Waals surface area contributed by atoms with Gasteiger partial charge in [-0.15, -0.1) is 0 Å². The highest BCUT2D eigenvalue weighted by Crippen LogP contribution is 2.21. The van der Waals surface area contributed by atoms with E-state index in [4.69, 9.17) is 9.47 Å². The highest BCUT2D eigenvalue weighted by molar-refractivity contribution is 5.54. The van der Waals surface area contributed by atoms with Crippen molar-refractivity contribution in [3.8, 4) is 5.75 Å². The Balaban J connectivity index is 2.67. The van der Waals surface area contributed by atoms with E-state index in [2.05, 4.69) is 19.2 Å². The van der Waals surface area contributed by atoms with E-state index < -0.39 is 0 Å². The number of rotatable bonds is 6. The van der Waals surface area contributed by atoms with Gasteiger partial charge in [0.25, 0.3) is 0 Å². The maximum Gasteiger partial charge on any atom is 0.119 e. The maximum atomic E-state index is 5.44. The van der Waals surface area contributed by atoms with Gasteiger partial charge >= 0.3 is 0 Å². The van der Waals surface area contributed by atoms with E-state index in [0.29, 0.717) is 19.3 Å². The van der Waals surface area contributed by atoms with E-state index in [1.165, 1.54) is 5.56 Å². The number of anilines is 1. The summed E-state index contributed by atoms with van der Waals surface area (Å²) >= 11 is 0. The van der Waals surface area contributed by atoms with Crippen molar-refractivity contribution in [1.29, 1.82) is 0 Å². The Morgan fingerprint density at radius 1 is 1.38 bits per heavy atom. The van der Waals surface area contributed by atoms with Crippen LogP contribution >= 0.6 is 0 Å². The van der Waals surface area contributed by atoms with Crippen LogP contribution in [0.5, 0.6) is 5.75 Å². The van der Waals surface area contributed by atoms with Crippen molar-refractivity contribution in [3.63, 3.8) is 0 Å². The third kappa shape index (κ3) is 3.74. The van der Waals surface area contributed by atoms with Crippen molar-refractivity contribution < 1.29 is 9.47 Å². The first-order valence-electron chi connectivity index (χ1n) is 5.66. The summed E-state index contributed by atoms with van der Waals surface area (Å²) in [7, 11) is 1.71. The molecule has 1 unspecified atom stereocenters. The van der Waals surface area contributed by atoms with Crippen molar-refractivity contribution in [3.05, 3.63) is 23.8 Å². The lowest BCUT2D eigenvalue weighted by molar-refractivity contribution is 0.190. The molecule has 0 saturated heterocycles. The summed E-state index contributed by atoms with van der Waals surface area (Å²) in [4.78, 5) is 0. The first-order chi connectivity index (χ1) is 7.67. The molecule has 0 amide bonds. The minimum atomic E-state index is 0.307. The molecule has 0 bridgehead atoms. The zero-order valence-electron chi connectivity index (χ0n) is 10.5. The average Bonchev–Trinajstić information content (AvgIpc) is 2.23. The molecule has 3 heteroatoms. The van der Waals surface area contributed by atoms with E-state index in [1.807, 2.05) is 25.1 Å². The maximum absolute atomic E-state index is 5.44. The molecule has 0 saturated carbocycles. The van der Waals surface area contributed by atoms with Gasteiger partial charge in [0.15, 0.2) is 0 Å². The fourth-order valence-corrected chi connectivity index (χ4v) is 1.61.